The minimum Gasteiger partial charge on any atom is -0.336 e. The third kappa shape index (κ3) is 4.09. The molecule has 0 spiro atoms. The van der Waals surface area contributed by atoms with Gasteiger partial charge in [0, 0.05) is 24.3 Å². The molecule has 1 aromatic carbocycles. The van der Waals surface area contributed by atoms with Crippen molar-refractivity contribution in [2.45, 2.75) is 6.54 Å². The van der Waals surface area contributed by atoms with Crippen molar-refractivity contribution in [1.29, 1.82) is 0 Å². The van der Waals surface area contributed by atoms with Gasteiger partial charge in [-0.3, -0.25) is 4.57 Å². The van der Waals surface area contributed by atoms with E-state index in [4.69, 9.17) is 11.6 Å². The largest absolute Gasteiger partial charge is 0.346 e. The number of halogens is 1. The van der Waals surface area contributed by atoms with E-state index in [9.17, 15) is 9.59 Å². The minimum absolute atomic E-state index is 0.222. The Kier molecular flexibility index (Phi) is 5.20. The topological polar surface area (TPSA) is 81.0 Å². The molecule has 2 heterocycles. The monoisotopic (exact) mass is 377 g/mol. The van der Waals surface area contributed by atoms with Gasteiger partial charge in [0.05, 0.1) is 11.4 Å². The molecule has 0 aliphatic carbocycles. The van der Waals surface area contributed by atoms with Crippen LogP contribution in [-0.4, -0.2) is 26.9 Å². The molecule has 0 saturated carbocycles. The quantitative estimate of drug-likeness (QED) is 0.717. The molecule has 2 amide bonds. The van der Waals surface area contributed by atoms with Gasteiger partial charge in [-0.25, -0.2) is 14.3 Å². The molecule has 0 aliphatic heterocycles. The van der Waals surface area contributed by atoms with Crippen LogP contribution >= 0.6 is 22.9 Å². The molecule has 25 heavy (non-hydrogen) atoms. The van der Waals surface area contributed by atoms with Crippen molar-refractivity contribution in [3.05, 3.63) is 57.3 Å². The first kappa shape index (κ1) is 17.2. The normalized spacial score (nSPS) is 10.6. The molecular formula is C16H16ClN5O2S. The number of anilines is 1. The zero-order valence-electron chi connectivity index (χ0n) is 13.4. The smallest absolute Gasteiger partial charge is 0.336 e. The zero-order valence-corrected chi connectivity index (χ0v) is 15.0. The molecule has 0 aliphatic rings. The van der Waals surface area contributed by atoms with E-state index in [2.05, 4.69) is 15.7 Å². The second-order valence-corrected chi connectivity index (χ2v) is 6.64. The highest BCUT2D eigenvalue weighted by molar-refractivity contribution is 7.13. The lowest BCUT2D eigenvalue weighted by Gasteiger charge is -2.07. The fourth-order valence-electron chi connectivity index (χ4n) is 2.27. The van der Waals surface area contributed by atoms with Crippen LogP contribution in [0.25, 0.3) is 10.7 Å². The number of hydrogen-bond donors (Lipinski definition) is 2. The van der Waals surface area contributed by atoms with Gasteiger partial charge in [-0.05, 0) is 29.6 Å². The molecule has 0 atom stereocenters. The van der Waals surface area contributed by atoms with Crippen molar-refractivity contribution in [2.75, 3.05) is 11.9 Å². The molecule has 2 N–H and O–H groups in total. The van der Waals surface area contributed by atoms with Gasteiger partial charge < -0.3 is 10.6 Å². The van der Waals surface area contributed by atoms with E-state index in [1.54, 1.807) is 31.3 Å². The molecule has 7 nitrogen and oxygen atoms in total. The predicted molar refractivity (Wildman–Crippen MR) is 99.3 cm³/mol. The Morgan fingerprint density at radius 2 is 2.16 bits per heavy atom. The Morgan fingerprint density at radius 3 is 2.88 bits per heavy atom. The molecule has 0 saturated heterocycles. The Labute approximate surface area is 152 Å². The fraction of sp³-hybridized carbons (Fsp3) is 0.188. The zero-order chi connectivity index (χ0) is 17.8. The summed E-state index contributed by atoms with van der Waals surface area (Å²) in [5.41, 5.74) is 0.375. The SMILES string of the molecule is Cn1c(-c2cccs2)nn(CCNC(=O)Nc2cccc(Cl)c2)c1=O. The van der Waals surface area contributed by atoms with E-state index in [0.717, 1.165) is 4.88 Å². The van der Waals surface area contributed by atoms with Crippen LogP contribution in [0.15, 0.2) is 46.6 Å². The number of urea groups is 1. The first-order valence-corrected chi connectivity index (χ1v) is 8.78. The van der Waals surface area contributed by atoms with Crippen molar-refractivity contribution >= 4 is 34.7 Å². The molecule has 0 fully saturated rings. The van der Waals surface area contributed by atoms with E-state index >= 15 is 0 Å². The van der Waals surface area contributed by atoms with Gasteiger partial charge in [-0.2, -0.15) is 0 Å². The summed E-state index contributed by atoms with van der Waals surface area (Å²) in [6, 6.07) is 10.3. The van der Waals surface area contributed by atoms with Crippen molar-refractivity contribution < 1.29 is 4.79 Å². The summed E-state index contributed by atoms with van der Waals surface area (Å²) in [6.07, 6.45) is 0. The summed E-state index contributed by atoms with van der Waals surface area (Å²) < 4.78 is 2.84. The Morgan fingerprint density at radius 1 is 1.32 bits per heavy atom. The molecule has 0 bridgehead atoms. The number of amides is 2. The fourth-order valence-corrected chi connectivity index (χ4v) is 3.21. The van der Waals surface area contributed by atoms with Crippen molar-refractivity contribution in [3.8, 4) is 10.7 Å². The number of nitrogens with zero attached hydrogens (tertiary/aromatic N) is 3. The molecule has 0 unspecified atom stereocenters. The van der Waals surface area contributed by atoms with E-state index in [-0.39, 0.29) is 24.8 Å². The lowest BCUT2D eigenvalue weighted by atomic mass is 10.3. The van der Waals surface area contributed by atoms with Crippen LogP contribution in [0.5, 0.6) is 0 Å². The van der Waals surface area contributed by atoms with Gasteiger partial charge in [-0.15, -0.1) is 16.4 Å². The van der Waals surface area contributed by atoms with Crippen molar-refractivity contribution in [2.24, 2.45) is 7.05 Å². The Hall–Kier alpha value is -2.58. The summed E-state index contributed by atoms with van der Waals surface area (Å²) in [6.45, 7) is 0.550. The molecular weight excluding hydrogens is 362 g/mol. The number of rotatable bonds is 5. The van der Waals surface area contributed by atoms with E-state index in [1.807, 2.05) is 17.5 Å². The highest BCUT2D eigenvalue weighted by Gasteiger charge is 2.12. The average Bonchev–Trinajstić information content (AvgIpc) is 3.19. The Bertz CT molecular complexity index is 932. The summed E-state index contributed by atoms with van der Waals surface area (Å²) in [5.74, 6) is 0.614. The van der Waals surface area contributed by atoms with Crippen LogP contribution in [0, 0.1) is 0 Å². The number of nitrogens with one attached hydrogen (secondary N) is 2. The molecule has 3 aromatic rings. The second-order valence-electron chi connectivity index (χ2n) is 5.26. The number of carbonyl (C=O) groups excluding carboxylic acids is 1. The van der Waals surface area contributed by atoms with Crippen LogP contribution in [0.1, 0.15) is 0 Å². The molecule has 9 heteroatoms. The van der Waals surface area contributed by atoms with Crippen LogP contribution in [0.2, 0.25) is 5.02 Å². The number of carbonyl (C=O) groups is 1. The first-order valence-electron chi connectivity index (χ1n) is 7.53. The lowest BCUT2D eigenvalue weighted by molar-refractivity contribution is 0.251. The maximum atomic E-state index is 12.2. The number of aromatic nitrogens is 3. The van der Waals surface area contributed by atoms with Gasteiger partial charge in [0.15, 0.2) is 5.82 Å². The van der Waals surface area contributed by atoms with Crippen LogP contribution in [0.4, 0.5) is 10.5 Å². The van der Waals surface area contributed by atoms with Gasteiger partial charge in [0.2, 0.25) is 0 Å². The minimum atomic E-state index is -0.371. The number of thiophene rings is 1. The van der Waals surface area contributed by atoms with Crippen LogP contribution < -0.4 is 16.3 Å². The summed E-state index contributed by atoms with van der Waals surface area (Å²) in [4.78, 5) is 25.0. The third-order valence-corrected chi connectivity index (χ3v) is 4.57. The summed E-state index contributed by atoms with van der Waals surface area (Å²) >= 11 is 7.39. The molecule has 3 rings (SSSR count). The van der Waals surface area contributed by atoms with Crippen molar-refractivity contribution in [3.63, 3.8) is 0 Å². The number of benzene rings is 1. The van der Waals surface area contributed by atoms with E-state index < -0.39 is 0 Å². The second kappa shape index (κ2) is 7.54. The lowest BCUT2D eigenvalue weighted by Crippen LogP contribution is -2.34. The standard InChI is InChI=1S/C16H16ClN5O2S/c1-21-14(13-6-3-9-25-13)20-22(16(21)24)8-7-18-15(23)19-12-5-2-4-11(17)10-12/h2-6,9-10H,7-8H2,1H3,(H2,18,19,23). The van der Waals surface area contributed by atoms with Gasteiger partial charge >= 0.3 is 11.7 Å². The third-order valence-electron chi connectivity index (χ3n) is 3.47. The van der Waals surface area contributed by atoms with Gasteiger partial charge in [0.1, 0.15) is 0 Å². The molecule has 0 radical (unpaired) electrons. The highest BCUT2D eigenvalue weighted by Crippen LogP contribution is 2.20. The predicted octanol–water partition coefficient (Wildman–Crippen LogP) is 2.79. The maximum absolute atomic E-state index is 12.2. The number of hydrogen-bond acceptors (Lipinski definition) is 4. The van der Waals surface area contributed by atoms with E-state index in [1.165, 1.54) is 20.6 Å². The molecule has 2 aromatic heterocycles. The van der Waals surface area contributed by atoms with Crippen LogP contribution in [-0.2, 0) is 13.6 Å². The average molecular weight is 378 g/mol. The maximum Gasteiger partial charge on any atom is 0.346 e. The van der Waals surface area contributed by atoms with Gasteiger partial charge in [-0.1, -0.05) is 23.7 Å². The first-order chi connectivity index (χ1) is 12.0. The summed E-state index contributed by atoms with van der Waals surface area (Å²) in [7, 11) is 1.68. The summed E-state index contributed by atoms with van der Waals surface area (Å²) in [5, 5.41) is 12.2. The van der Waals surface area contributed by atoms with E-state index in [0.29, 0.717) is 16.5 Å². The molecule has 130 valence electrons. The Balaban J connectivity index is 1.58. The highest BCUT2D eigenvalue weighted by atomic mass is 35.5. The van der Waals surface area contributed by atoms with Crippen LogP contribution in [0.3, 0.4) is 0 Å². The van der Waals surface area contributed by atoms with Gasteiger partial charge in [0.25, 0.3) is 0 Å². The van der Waals surface area contributed by atoms with Crippen molar-refractivity contribution in [1.82, 2.24) is 19.7 Å².